The van der Waals surface area contributed by atoms with Crippen LogP contribution in [0.15, 0.2) is 15.0 Å². The van der Waals surface area contributed by atoms with Gasteiger partial charge in [0, 0.05) is 12.3 Å². The maximum Gasteiger partial charge on any atom is 0.121 e. The molecule has 1 rings (SSSR count). The number of rotatable bonds is 5. The predicted molar refractivity (Wildman–Crippen MR) is 62.5 cm³/mol. The Morgan fingerprint density at radius 3 is 2.57 bits per heavy atom. The lowest BCUT2D eigenvalue weighted by Gasteiger charge is -2.09. The topological polar surface area (TPSA) is 39.2 Å². The Morgan fingerprint density at radius 2 is 2.07 bits per heavy atom. The Balaban J connectivity index is 2.85. The van der Waals surface area contributed by atoms with Gasteiger partial charge in [-0.25, -0.2) is 0 Å². The number of furan rings is 1. The van der Waals surface area contributed by atoms with Gasteiger partial charge in [-0.05, 0) is 41.4 Å². The Morgan fingerprint density at radius 1 is 1.43 bits per heavy atom. The average Bonchev–Trinajstić information content (AvgIpc) is 2.51. The van der Waals surface area contributed by atoms with E-state index >= 15 is 0 Å². The zero-order valence-electron chi connectivity index (χ0n) is 8.85. The van der Waals surface area contributed by atoms with Crippen LogP contribution in [0.4, 0.5) is 0 Å². The summed E-state index contributed by atoms with van der Waals surface area (Å²) < 4.78 is 6.86. The SMILES string of the molecule is CCC(CC)c1oc(CCN)cc1Br. The van der Waals surface area contributed by atoms with E-state index in [0.717, 1.165) is 35.3 Å². The van der Waals surface area contributed by atoms with Gasteiger partial charge in [0.1, 0.15) is 11.5 Å². The molecule has 2 nitrogen and oxygen atoms in total. The number of hydrogen-bond donors (Lipinski definition) is 1. The standard InChI is InChI=1S/C11H18BrNO/c1-3-8(4-2)11-10(12)7-9(14-11)5-6-13/h7-8H,3-6,13H2,1-2H3. The maximum atomic E-state index is 5.77. The van der Waals surface area contributed by atoms with Crippen LogP contribution in [-0.2, 0) is 6.42 Å². The molecule has 0 spiro atoms. The lowest BCUT2D eigenvalue weighted by atomic mass is 10.0. The first-order valence-electron chi connectivity index (χ1n) is 5.21. The summed E-state index contributed by atoms with van der Waals surface area (Å²) in [6, 6.07) is 2.04. The third-order valence-corrected chi connectivity index (χ3v) is 3.13. The van der Waals surface area contributed by atoms with Crippen LogP contribution in [0, 0.1) is 0 Å². The Kier molecular flexibility index (Phi) is 4.69. The monoisotopic (exact) mass is 259 g/mol. The summed E-state index contributed by atoms with van der Waals surface area (Å²) in [6.07, 6.45) is 3.05. The first-order chi connectivity index (χ1) is 6.72. The quantitative estimate of drug-likeness (QED) is 0.880. The van der Waals surface area contributed by atoms with E-state index in [1.165, 1.54) is 0 Å². The van der Waals surface area contributed by atoms with Gasteiger partial charge in [0.2, 0.25) is 0 Å². The van der Waals surface area contributed by atoms with Gasteiger partial charge in [-0.1, -0.05) is 13.8 Å². The highest BCUT2D eigenvalue weighted by Gasteiger charge is 2.16. The molecule has 1 aromatic heterocycles. The van der Waals surface area contributed by atoms with Gasteiger partial charge >= 0.3 is 0 Å². The van der Waals surface area contributed by atoms with Crippen LogP contribution < -0.4 is 5.73 Å². The van der Waals surface area contributed by atoms with Gasteiger partial charge in [0.15, 0.2) is 0 Å². The summed E-state index contributed by atoms with van der Waals surface area (Å²) in [5.74, 6) is 2.59. The summed E-state index contributed by atoms with van der Waals surface area (Å²) in [7, 11) is 0. The molecule has 14 heavy (non-hydrogen) atoms. The average molecular weight is 260 g/mol. The zero-order valence-corrected chi connectivity index (χ0v) is 10.4. The van der Waals surface area contributed by atoms with E-state index in [1.807, 2.05) is 6.07 Å². The van der Waals surface area contributed by atoms with Gasteiger partial charge in [0.05, 0.1) is 4.47 Å². The molecule has 0 unspecified atom stereocenters. The van der Waals surface area contributed by atoms with Crippen molar-refractivity contribution in [3.63, 3.8) is 0 Å². The second kappa shape index (κ2) is 5.56. The van der Waals surface area contributed by atoms with Crippen LogP contribution in [0.2, 0.25) is 0 Å². The molecule has 0 aliphatic carbocycles. The van der Waals surface area contributed by atoms with Gasteiger partial charge in [0.25, 0.3) is 0 Å². The van der Waals surface area contributed by atoms with E-state index in [0.29, 0.717) is 12.5 Å². The third kappa shape index (κ3) is 2.61. The minimum atomic E-state index is 0.524. The van der Waals surface area contributed by atoms with E-state index in [4.69, 9.17) is 10.2 Å². The molecular formula is C11H18BrNO. The van der Waals surface area contributed by atoms with E-state index in [2.05, 4.69) is 29.8 Å². The maximum absolute atomic E-state index is 5.77. The lowest BCUT2D eigenvalue weighted by Crippen LogP contribution is -2.01. The smallest absolute Gasteiger partial charge is 0.121 e. The molecule has 0 fully saturated rings. The van der Waals surface area contributed by atoms with Crippen molar-refractivity contribution in [3.05, 3.63) is 22.1 Å². The third-order valence-electron chi connectivity index (χ3n) is 2.51. The minimum Gasteiger partial charge on any atom is -0.465 e. The molecule has 0 aliphatic heterocycles. The second-order valence-corrected chi connectivity index (χ2v) is 4.33. The Labute approximate surface area is 94.0 Å². The summed E-state index contributed by atoms with van der Waals surface area (Å²) in [6.45, 7) is 5.01. The van der Waals surface area contributed by atoms with Crippen molar-refractivity contribution >= 4 is 15.9 Å². The molecule has 0 saturated carbocycles. The minimum absolute atomic E-state index is 0.524. The lowest BCUT2D eigenvalue weighted by molar-refractivity contribution is 0.417. The van der Waals surface area contributed by atoms with Crippen molar-refractivity contribution in [1.29, 1.82) is 0 Å². The first kappa shape index (κ1) is 11.8. The van der Waals surface area contributed by atoms with Crippen molar-refractivity contribution in [1.82, 2.24) is 0 Å². The van der Waals surface area contributed by atoms with Gasteiger partial charge in [-0.2, -0.15) is 0 Å². The molecule has 0 radical (unpaired) electrons. The van der Waals surface area contributed by atoms with Gasteiger partial charge in [-0.3, -0.25) is 0 Å². The molecule has 0 amide bonds. The summed E-state index contributed by atoms with van der Waals surface area (Å²) >= 11 is 3.53. The highest BCUT2D eigenvalue weighted by molar-refractivity contribution is 9.10. The molecule has 1 heterocycles. The predicted octanol–water partition coefficient (Wildman–Crippen LogP) is 3.45. The molecule has 0 aromatic carbocycles. The second-order valence-electron chi connectivity index (χ2n) is 3.48. The Hall–Kier alpha value is -0.280. The molecule has 0 bridgehead atoms. The van der Waals surface area contributed by atoms with Crippen LogP contribution in [0.25, 0.3) is 0 Å². The van der Waals surface area contributed by atoms with Gasteiger partial charge in [-0.15, -0.1) is 0 Å². The van der Waals surface area contributed by atoms with Crippen LogP contribution in [0.3, 0.4) is 0 Å². The van der Waals surface area contributed by atoms with E-state index in [1.54, 1.807) is 0 Å². The summed E-state index contributed by atoms with van der Waals surface area (Å²) in [5.41, 5.74) is 5.49. The van der Waals surface area contributed by atoms with E-state index < -0.39 is 0 Å². The molecule has 2 N–H and O–H groups in total. The number of nitrogens with two attached hydrogens (primary N) is 1. The molecule has 0 atom stereocenters. The van der Waals surface area contributed by atoms with Crippen molar-refractivity contribution in [2.24, 2.45) is 5.73 Å². The van der Waals surface area contributed by atoms with E-state index in [9.17, 15) is 0 Å². The molecular weight excluding hydrogens is 242 g/mol. The fourth-order valence-corrected chi connectivity index (χ4v) is 2.30. The van der Waals surface area contributed by atoms with Crippen molar-refractivity contribution in [2.45, 2.75) is 39.0 Å². The van der Waals surface area contributed by atoms with Gasteiger partial charge < -0.3 is 10.2 Å². The molecule has 1 aromatic rings. The van der Waals surface area contributed by atoms with Crippen LogP contribution in [0.1, 0.15) is 44.1 Å². The fraction of sp³-hybridized carbons (Fsp3) is 0.636. The summed E-state index contributed by atoms with van der Waals surface area (Å²) in [5, 5.41) is 0. The highest BCUT2D eigenvalue weighted by Crippen LogP contribution is 2.32. The zero-order chi connectivity index (χ0) is 10.6. The van der Waals surface area contributed by atoms with Crippen LogP contribution in [0.5, 0.6) is 0 Å². The fourth-order valence-electron chi connectivity index (χ4n) is 1.64. The molecule has 3 heteroatoms. The normalized spacial score (nSPS) is 11.2. The molecule has 0 saturated heterocycles. The largest absolute Gasteiger partial charge is 0.465 e. The first-order valence-corrected chi connectivity index (χ1v) is 6.00. The molecule has 80 valence electrons. The summed E-state index contributed by atoms with van der Waals surface area (Å²) in [4.78, 5) is 0. The number of hydrogen-bond acceptors (Lipinski definition) is 2. The van der Waals surface area contributed by atoms with Crippen molar-refractivity contribution in [3.8, 4) is 0 Å². The molecule has 0 aliphatic rings. The number of halogens is 1. The highest BCUT2D eigenvalue weighted by atomic mass is 79.9. The van der Waals surface area contributed by atoms with E-state index in [-0.39, 0.29) is 0 Å². The van der Waals surface area contributed by atoms with Crippen molar-refractivity contribution in [2.75, 3.05) is 6.54 Å². The Bertz CT molecular complexity index is 279. The van der Waals surface area contributed by atoms with Crippen LogP contribution in [-0.4, -0.2) is 6.54 Å². The van der Waals surface area contributed by atoms with Crippen LogP contribution >= 0.6 is 15.9 Å². The van der Waals surface area contributed by atoms with Crippen molar-refractivity contribution < 1.29 is 4.42 Å².